The van der Waals surface area contributed by atoms with Crippen LogP contribution in [0.3, 0.4) is 0 Å². The zero-order valence-electron chi connectivity index (χ0n) is 22.2. The van der Waals surface area contributed by atoms with E-state index in [0.717, 1.165) is 11.1 Å². The first-order chi connectivity index (χ1) is 19.9. The highest BCUT2D eigenvalue weighted by Crippen LogP contribution is 2.13. The highest BCUT2D eigenvalue weighted by Gasteiger charge is 2.27. The molecule has 0 fully saturated rings. The van der Waals surface area contributed by atoms with Gasteiger partial charge in [-0.25, -0.2) is 9.59 Å². The fourth-order valence-electron chi connectivity index (χ4n) is 4.22. The molecule has 4 aromatic rings. The zero-order valence-corrected chi connectivity index (χ0v) is 22.2. The molecule has 0 aliphatic rings. The summed E-state index contributed by atoms with van der Waals surface area (Å²) in [6, 6.07) is 31.3. The molecule has 0 aliphatic heterocycles. The first-order valence-electron chi connectivity index (χ1n) is 13.1. The highest BCUT2D eigenvalue weighted by atomic mass is 16.5. The second-order valence-corrected chi connectivity index (χ2v) is 9.44. The molecule has 0 heterocycles. The predicted molar refractivity (Wildman–Crippen MR) is 153 cm³/mol. The molecule has 0 radical (unpaired) electrons. The van der Waals surface area contributed by atoms with E-state index in [0.29, 0.717) is 16.7 Å². The smallest absolute Gasteiger partial charge is 0.408 e. The average Bonchev–Trinajstić information content (AvgIpc) is 3.00. The van der Waals surface area contributed by atoms with Gasteiger partial charge in [-0.3, -0.25) is 9.59 Å². The number of amides is 2. The molecule has 0 saturated carbocycles. The predicted octanol–water partition coefficient (Wildman–Crippen LogP) is 4.57. The van der Waals surface area contributed by atoms with Crippen LogP contribution < -0.4 is 10.6 Å². The molecular weight excluding hydrogens is 520 g/mol. The molecule has 2 amide bonds. The van der Waals surface area contributed by atoms with Gasteiger partial charge in [0, 0.05) is 24.0 Å². The molecule has 208 valence electrons. The highest BCUT2D eigenvalue weighted by molar-refractivity contribution is 6.08. The summed E-state index contributed by atoms with van der Waals surface area (Å²) in [4.78, 5) is 50.6. The maximum absolute atomic E-state index is 13.3. The lowest BCUT2D eigenvalue weighted by molar-refractivity contribution is -0.142. The molecule has 0 aliphatic carbocycles. The second-order valence-electron chi connectivity index (χ2n) is 9.44. The summed E-state index contributed by atoms with van der Waals surface area (Å²) in [6.07, 6.45) is -0.678. The van der Waals surface area contributed by atoms with Crippen molar-refractivity contribution in [3.63, 3.8) is 0 Å². The third-order valence-electron chi connectivity index (χ3n) is 6.41. The van der Waals surface area contributed by atoms with Crippen molar-refractivity contribution in [3.8, 4) is 0 Å². The van der Waals surface area contributed by atoms with E-state index in [1.165, 1.54) is 0 Å². The van der Waals surface area contributed by atoms with E-state index in [-0.39, 0.29) is 25.2 Å². The van der Waals surface area contributed by atoms with Crippen LogP contribution in [0.5, 0.6) is 0 Å². The number of carboxylic acid groups (broad SMARTS) is 1. The van der Waals surface area contributed by atoms with Crippen LogP contribution in [-0.2, 0) is 33.8 Å². The summed E-state index contributed by atoms with van der Waals surface area (Å²) < 4.78 is 5.28. The van der Waals surface area contributed by atoms with Crippen LogP contribution in [0.1, 0.15) is 32.6 Å². The van der Waals surface area contributed by atoms with Crippen molar-refractivity contribution in [1.82, 2.24) is 10.6 Å². The van der Waals surface area contributed by atoms with E-state index >= 15 is 0 Å². The Morgan fingerprint density at radius 1 is 0.585 bits per heavy atom. The summed E-state index contributed by atoms with van der Waals surface area (Å²) in [5.74, 6) is -2.03. The Kier molecular flexibility index (Phi) is 9.98. The largest absolute Gasteiger partial charge is 0.480 e. The van der Waals surface area contributed by atoms with Crippen LogP contribution in [0.25, 0.3) is 0 Å². The zero-order chi connectivity index (χ0) is 29.0. The van der Waals surface area contributed by atoms with Crippen molar-refractivity contribution < 1.29 is 29.0 Å². The van der Waals surface area contributed by atoms with E-state index in [1.807, 2.05) is 66.7 Å². The molecule has 4 rings (SSSR count). The quantitative estimate of drug-likeness (QED) is 0.222. The number of rotatable bonds is 12. The van der Waals surface area contributed by atoms with Gasteiger partial charge in [-0.05, 0) is 16.7 Å². The van der Waals surface area contributed by atoms with Gasteiger partial charge in [0.15, 0.2) is 5.78 Å². The minimum atomic E-state index is -1.27. The molecular formula is C33H30N2O6. The number of nitrogens with one attached hydrogen (secondary N) is 2. The van der Waals surface area contributed by atoms with Gasteiger partial charge in [-0.1, -0.05) is 115 Å². The van der Waals surface area contributed by atoms with Gasteiger partial charge in [0.25, 0.3) is 0 Å². The van der Waals surface area contributed by atoms with Crippen LogP contribution in [-0.4, -0.2) is 40.9 Å². The van der Waals surface area contributed by atoms with Crippen molar-refractivity contribution in [2.45, 2.75) is 31.5 Å². The molecule has 0 saturated heterocycles. The SMILES string of the molecule is O=C(N[C@@H](Cc1ccccc1)C(=O)N[C@@H](Cc1ccc(C(=O)c2ccccc2)cc1)C(=O)O)OCc1ccccc1. The monoisotopic (exact) mass is 550 g/mol. The van der Waals surface area contributed by atoms with E-state index in [9.17, 15) is 24.3 Å². The Bertz CT molecular complexity index is 1460. The van der Waals surface area contributed by atoms with Crippen molar-refractivity contribution in [3.05, 3.63) is 143 Å². The Labute approximate surface area is 238 Å². The van der Waals surface area contributed by atoms with Gasteiger partial charge in [0.05, 0.1) is 0 Å². The maximum atomic E-state index is 13.3. The molecule has 0 spiro atoms. The van der Waals surface area contributed by atoms with E-state index < -0.39 is 30.1 Å². The number of hydrogen-bond acceptors (Lipinski definition) is 5. The molecule has 3 N–H and O–H groups in total. The minimum Gasteiger partial charge on any atom is -0.480 e. The number of ether oxygens (including phenoxy) is 1. The summed E-state index contributed by atoms with van der Waals surface area (Å²) in [7, 11) is 0. The molecule has 8 nitrogen and oxygen atoms in total. The van der Waals surface area contributed by atoms with Crippen molar-refractivity contribution in [2.24, 2.45) is 0 Å². The molecule has 8 heteroatoms. The fourth-order valence-corrected chi connectivity index (χ4v) is 4.22. The first-order valence-corrected chi connectivity index (χ1v) is 13.1. The number of hydrogen-bond donors (Lipinski definition) is 3. The summed E-state index contributed by atoms with van der Waals surface area (Å²) in [6.45, 7) is 0.0207. The van der Waals surface area contributed by atoms with Gasteiger partial charge >= 0.3 is 12.1 Å². The average molecular weight is 551 g/mol. The first kappa shape index (κ1) is 28.8. The molecule has 0 unspecified atom stereocenters. The Hall–Kier alpha value is -5.24. The standard InChI is InChI=1S/C33H30N2O6/c36-30(26-14-8-3-9-15-26)27-18-16-24(17-19-27)21-29(32(38)39)34-31(37)28(20-23-10-4-1-5-11-23)35-33(40)41-22-25-12-6-2-7-13-25/h1-19,28-29H,20-22H2,(H,34,37)(H,35,40)(H,38,39)/t28-,29-/m0/s1. The van der Waals surface area contributed by atoms with Crippen LogP contribution in [0, 0.1) is 0 Å². The molecule has 0 bridgehead atoms. The van der Waals surface area contributed by atoms with E-state index in [2.05, 4.69) is 10.6 Å². The number of alkyl carbamates (subject to hydrolysis) is 1. The van der Waals surface area contributed by atoms with Crippen LogP contribution >= 0.6 is 0 Å². The third-order valence-corrected chi connectivity index (χ3v) is 6.41. The third kappa shape index (κ3) is 8.63. The topological polar surface area (TPSA) is 122 Å². The fraction of sp³-hybridized carbons (Fsp3) is 0.152. The molecule has 2 atom stereocenters. The number of carbonyl (C=O) groups excluding carboxylic acids is 3. The van der Waals surface area contributed by atoms with Gasteiger partial charge in [0.2, 0.25) is 5.91 Å². The summed E-state index contributed by atoms with van der Waals surface area (Å²) in [5.41, 5.74) is 3.21. The van der Waals surface area contributed by atoms with Crippen molar-refractivity contribution >= 4 is 23.8 Å². The van der Waals surface area contributed by atoms with Crippen molar-refractivity contribution in [2.75, 3.05) is 0 Å². The van der Waals surface area contributed by atoms with Crippen molar-refractivity contribution in [1.29, 1.82) is 0 Å². The lowest BCUT2D eigenvalue weighted by Crippen LogP contribution is -2.53. The second kappa shape index (κ2) is 14.2. The lowest BCUT2D eigenvalue weighted by atomic mass is 9.99. The van der Waals surface area contributed by atoms with Gasteiger partial charge < -0.3 is 20.5 Å². The number of carbonyl (C=O) groups is 4. The van der Waals surface area contributed by atoms with E-state index in [4.69, 9.17) is 4.74 Å². The van der Waals surface area contributed by atoms with Gasteiger partial charge in [-0.2, -0.15) is 0 Å². The van der Waals surface area contributed by atoms with Crippen LogP contribution in [0.2, 0.25) is 0 Å². The number of aliphatic carboxylic acids is 1. The van der Waals surface area contributed by atoms with E-state index in [1.54, 1.807) is 48.5 Å². The number of carboxylic acids is 1. The molecule has 0 aromatic heterocycles. The Morgan fingerprint density at radius 3 is 1.66 bits per heavy atom. The summed E-state index contributed by atoms with van der Waals surface area (Å²) >= 11 is 0. The molecule has 4 aromatic carbocycles. The number of benzene rings is 4. The maximum Gasteiger partial charge on any atom is 0.408 e. The Morgan fingerprint density at radius 2 is 1.07 bits per heavy atom. The number of ketones is 1. The van der Waals surface area contributed by atoms with Gasteiger partial charge in [-0.15, -0.1) is 0 Å². The van der Waals surface area contributed by atoms with Crippen LogP contribution in [0.4, 0.5) is 4.79 Å². The minimum absolute atomic E-state index is 0.0165. The summed E-state index contributed by atoms with van der Waals surface area (Å²) in [5, 5.41) is 15.0. The lowest BCUT2D eigenvalue weighted by Gasteiger charge is -2.22. The normalized spacial score (nSPS) is 12.0. The van der Waals surface area contributed by atoms with Crippen LogP contribution in [0.15, 0.2) is 115 Å². The Balaban J connectivity index is 1.42. The molecule has 41 heavy (non-hydrogen) atoms. The van der Waals surface area contributed by atoms with Gasteiger partial charge in [0.1, 0.15) is 18.7 Å².